The summed E-state index contributed by atoms with van der Waals surface area (Å²) >= 11 is 1.41. The zero-order valence-corrected chi connectivity index (χ0v) is 25.9. The molecule has 46 heavy (non-hydrogen) atoms. The molecule has 0 radical (unpaired) electrons. The quantitative estimate of drug-likeness (QED) is 0.160. The summed E-state index contributed by atoms with van der Waals surface area (Å²) in [5.41, 5.74) is 2.45. The summed E-state index contributed by atoms with van der Waals surface area (Å²) in [5, 5.41) is 55.5. The molecule has 3 aromatic rings. The summed E-state index contributed by atoms with van der Waals surface area (Å²) in [6.45, 7) is 0.560. The second kappa shape index (κ2) is 12.7. The Balaban J connectivity index is 0.000000527. The normalized spacial score (nSPS) is 26.7. The zero-order chi connectivity index (χ0) is 33.7. The fourth-order valence-electron chi connectivity index (χ4n) is 6.09. The van der Waals surface area contributed by atoms with E-state index in [2.05, 4.69) is 0 Å². The van der Waals surface area contributed by atoms with Crippen molar-refractivity contribution in [3.8, 4) is 17.2 Å². The Morgan fingerprint density at radius 3 is 2.39 bits per heavy atom. The van der Waals surface area contributed by atoms with E-state index in [0.29, 0.717) is 0 Å². The van der Waals surface area contributed by atoms with E-state index in [1.807, 2.05) is 0 Å². The Morgan fingerprint density at radius 1 is 1.13 bits per heavy atom. The number of nitrogens with zero attached hydrogens (tertiary/aromatic N) is 1. The molecule has 0 saturated carbocycles. The average molecular weight is 659 g/mol. The highest BCUT2D eigenvalue weighted by Gasteiger charge is 2.50. The first kappa shape index (κ1) is 33.4. The molecule has 246 valence electrons. The summed E-state index contributed by atoms with van der Waals surface area (Å²) in [6, 6.07) is 5.18. The van der Waals surface area contributed by atoms with Gasteiger partial charge in [0.05, 0.1) is 42.1 Å². The second-order valence-electron chi connectivity index (χ2n) is 11.4. The lowest BCUT2D eigenvalue weighted by Crippen LogP contribution is -2.53. The first-order valence-electron chi connectivity index (χ1n) is 14.3. The molecule has 2 aromatic carbocycles. The standard InChI is InChI=1S/C27H29NO11.C4H5NOS/c1-10-22(31)13(28)6-17(38-10)39-15-8-27(36,16(30)9-29)7-12-19(15)26(35)21-20(24(12)33)23(32)11-4-3-5-14(37-2)18(11)25(21)34;1-5-4(6)2-3-7-5/h3-5,10,13,15,17,22,29,31,33,35-36H,6-9,28H2,1-2H3;2-3H,1H3/t10-,13-,15-,17-,22-,27-;/m0./s1. The van der Waals surface area contributed by atoms with Gasteiger partial charge in [0.15, 0.2) is 17.9 Å². The van der Waals surface area contributed by atoms with Crippen LogP contribution in [0.5, 0.6) is 17.2 Å². The highest BCUT2D eigenvalue weighted by Crippen LogP contribution is 2.52. The van der Waals surface area contributed by atoms with Crippen molar-refractivity contribution in [1.29, 1.82) is 0 Å². The van der Waals surface area contributed by atoms with E-state index in [9.17, 15) is 44.7 Å². The van der Waals surface area contributed by atoms with Crippen LogP contribution in [0.4, 0.5) is 0 Å². The SMILES string of the molecule is COc1cccc2c1C(=O)c1c(O)c3c(c(O)c1C2=O)C[C@@](O)(C(=O)CO)C[C@@H]3O[C@H]1C[C@H](N)[C@@H](O)[C@H](C)O1.Cn1sccc1=O. The van der Waals surface area contributed by atoms with Crippen LogP contribution in [-0.4, -0.2) is 90.7 Å². The van der Waals surface area contributed by atoms with E-state index in [4.69, 9.17) is 19.9 Å². The van der Waals surface area contributed by atoms with Gasteiger partial charge >= 0.3 is 0 Å². The van der Waals surface area contributed by atoms with E-state index in [-0.39, 0.29) is 40.0 Å². The molecule has 3 aliphatic rings. The minimum absolute atomic E-state index is 0.0173. The summed E-state index contributed by atoms with van der Waals surface area (Å²) in [4.78, 5) is 50.1. The first-order chi connectivity index (χ1) is 21.7. The number of aliphatic hydroxyl groups excluding tert-OH is 2. The summed E-state index contributed by atoms with van der Waals surface area (Å²) < 4.78 is 18.6. The molecule has 0 amide bonds. The van der Waals surface area contributed by atoms with Crippen LogP contribution < -0.4 is 16.0 Å². The number of benzene rings is 2. The van der Waals surface area contributed by atoms with Crippen molar-refractivity contribution in [2.45, 2.75) is 62.4 Å². The van der Waals surface area contributed by atoms with E-state index in [0.717, 1.165) is 0 Å². The number of aromatic nitrogens is 1. The summed E-state index contributed by atoms with van der Waals surface area (Å²) in [6.07, 6.45) is -5.12. The van der Waals surface area contributed by atoms with Crippen molar-refractivity contribution >= 4 is 28.9 Å². The number of carbonyl (C=O) groups is 3. The number of Topliss-reactive ketones (excluding diaryl/α,β-unsaturated/α-hetero) is 1. The summed E-state index contributed by atoms with van der Waals surface area (Å²) in [5.74, 6) is -3.77. The minimum Gasteiger partial charge on any atom is -0.507 e. The van der Waals surface area contributed by atoms with Crippen molar-refractivity contribution in [2.75, 3.05) is 13.7 Å². The maximum absolute atomic E-state index is 13.6. The third-order valence-electron chi connectivity index (χ3n) is 8.55. The lowest BCUT2D eigenvalue weighted by molar-refractivity contribution is -0.247. The molecule has 2 aliphatic carbocycles. The molecule has 1 saturated heterocycles. The third-order valence-corrected chi connectivity index (χ3v) is 9.30. The number of carbonyl (C=O) groups excluding carboxylic acids is 3. The molecule has 0 bridgehead atoms. The molecule has 6 rings (SSSR count). The topological polar surface area (TPSA) is 228 Å². The number of aromatic hydroxyl groups is 2. The number of hydrogen-bond acceptors (Lipinski definition) is 14. The molecule has 0 spiro atoms. The Kier molecular flexibility index (Phi) is 9.21. The van der Waals surface area contributed by atoms with Crippen molar-refractivity contribution in [3.05, 3.63) is 73.4 Å². The molecule has 1 aliphatic heterocycles. The lowest BCUT2D eigenvalue weighted by Gasteiger charge is -2.42. The maximum atomic E-state index is 13.6. The van der Waals surface area contributed by atoms with Crippen molar-refractivity contribution < 1.29 is 54.1 Å². The number of hydrogen-bond donors (Lipinski definition) is 6. The fraction of sp³-hybridized carbons (Fsp3) is 0.419. The van der Waals surface area contributed by atoms with Gasteiger partial charge in [-0.15, -0.1) is 0 Å². The average Bonchev–Trinajstić information content (AvgIpc) is 3.40. The number of ketones is 3. The van der Waals surface area contributed by atoms with Gasteiger partial charge in [0.2, 0.25) is 5.78 Å². The maximum Gasteiger partial charge on any atom is 0.260 e. The molecular formula is C31H34N2O12S. The highest BCUT2D eigenvalue weighted by atomic mass is 32.1. The van der Waals surface area contributed by atoms with E-state index >= 15 is 0 Å². The number of phenols is 2. The van der Waals surface area contributed by atoms with Crippen LogP contribution in [0.1, 0.15) is 68.8 Å². The Labute approximate surface area is 266 Å². The smallest absolute Gasteiger partial charge is 0.260 e. The van der Waals surface area contributed by atoms with Crippen LogP contribution in [0.2, 0.25) is 0 Å². The number of ether oxygens (including phenoxy) is 3. The fourth-order valence-corrected chi connectivity index (χ4v) is 6.61. The van der Waals surface area contributed by atoms with Crippen LogP contribution in [0, 0.1) is 0 Å². The Bertz CT molecular complexity index is 1750. The number of phenolic OH excluding ortho intramolecular Hbond substituents is 2. The van der Waals surface area contributed by atoms with Gasteiger partial charge in [-0.3, -0.25) is 23.1 Å². The molecule has 1 fully saturated rings. The third kappa shape index (κ3) is 5.64. The van der Waals surface area contributed by atoms with Gasteiger partial charge in [-0.25, -0.2) is 0 Å². The van der Waals surface area contributed by atoms with E-state index < -0.39 is 95.7 Å². The van der Waals surface area contributed by atoms with Crippen LogP contribution in [0.3, 0.4) is 0 Å². The van der Waals surface area contributed by atoms with Crippen LogP contribution >= 0.6 is 11.5 Å². The second-order valence-corrected chi connectivity index (χ2v) is 12.4. The van der Waals surface area contributed by atoms with E-state index in [1.54, 1.807) is 29.4 Å². The van der Waals surface area contributed by atoms with Crippen LogP contribution in [-0.2, 0) is 27.7 Å². The molecule has 7 N–H and O–H groups in total. The van der Waals surface area contributed by atoms with Gasteiger partial charge in [0, 0.05) is 60.5 Å². The largest absolute Gasteiger partial charge is 0.507 e. The summed E-state index contributed by atoms with van der Waals surface area (Å²) in [7, 11) is 3.07. The number of rotatable bonds is 5. The predicted octanol–water partition coefficient (Wildman–Crippen LogP) is 0.448. The van der Waals surface area contributed by atoms with Gasteiger partial charge in [-0.1, -0.05) is 23.7 Å². The van der Waals surface area contributed by atoms with Crippen molar-refractivity contribution in [2.24, 2.45) is 12.8 Å². The number of nitrogens with two attached hydrogens (primary N) is 1. The Morgan fingerprint density at radius 2 is 1.83 bits per heavy atom. The molecule has 15 heteroatoms. The first-order valence-corrected chi connectivity index (χ1v) is 15.2. The zero-order valence-electron chi connectivity index (χ0n) is 25.1. The van der Waals surface area contributed by atoms with Gasteiger partial charge < -0.3 is 45.5 Å². The monoisotopic (exact) mass is 658 g/mol. The number of aryl methyl sites for hydroxylation is 1. The van der Waals surface area contributed by atoms with Gasteiger partial charge in [-0.2, -0.15) is 0 Å². The molecule has 2 heterocycles. The van der Waals surface area contributed by atoms with Gasteiger partial charge in [0.1, 0.15) is 29.5 Å². The van der Waals surface area contributed by atoms with Gasteiger partial charge in [-0.05, 0) is 13.0 Å². The Hall–Kier alpha value is -3.96. The van der Waals surface area contributed by atoms with E-state index in [1.165, 1.54) is 36.8 Å². The number of aliphatic hydroxyl groups is 3. The highest BCUT2D eigenvalue weighted by molar-refractivity contribution is 7.04. The minimum atomic E-state index is -2.24. The number of fused-ring (bicyclic) bond motifs is 3. The predicted molar refractivity (Wildman–Crippen MR) is 161 cm³/mol. The molecular weight excluding hydrogens is 624 g/mol. The van der Waals surface area contributed by atoms with Gasteiger partial charge in [0.25, 0.3) is 5.56 Å². The van der Waals surface area contributed by atoms with Crippen LogP contribution in [0.25, 0.3) is 0 Å². The van der Waals surface area contributed by atoms with Crippen LogP contribution in [0.15, 0.2) is 34.4 Å². The molecule has 0 unspecified atom stereocenters. The molecule has 14 nitrogen and oxygen atoms in total. The molecule has 1 aromatic heterocycles. The lowest BCUT2D eigenvalue weighted by atomic mass is 9.72. The van der Waals surface area contributed by atoms with Crippen molar-refractivity contribution in [3.63, 3.8) is 0 Å². The van der Waals surface area contributed by atoms with Crippen molar-refractivity contribution in [1.82, 2.24) is 3.96 Å². The molecule has 6 atom stereocenters. The number of methoxy groups -OCH3 is 1.